The highest BCUT2D eigenvalue weighted by Gasteiger charge is 2.30. The highest BCUT2D eigenvalue weighted by atomic mass is 35.5. The van der Waals surface area contributed by atoms with E-state index in [-0.39, 0.29) is 11.9 Å². The quantitative estimate of drug-likeness (QED) is 0.308. The van der Waals surface area contributed by atoms with Gasteiger partial charge < -0.3 is 25.2 Å². The molecule has 222 valence electrons. The summed E-state index contributed by atoms with van der Waals surface area (Å²) in [7, 11) is 5.80. The van der Waals surface area contributed by atoms with Crippen LogP contribution in [0.1, 0.15) is 30.9 Å². The smallest absolute Gasteiger partial charge is 0.247 e. The predicted octanol–water partition coefficient (Wildman–Crippen LogP) is 5.56. The van der Waals surface area contributed by atoms with Gasteiger partial charge in [0.1, 0.15) is 23.7 Å². The number of amides is 1. The number of anilines is 5. The molecule has 3 heterocycles. The molecule has 2 aromatic carbocycles. The minimum Gasteiger partial charge on any atom is -0.494 e. The molecule has 2 saturated heterocycles. The molecule has 2 aliphatic heterocycles. The number of hydrogen-bond acceptors (Lipinski definition) is 9. The third-order valence-corrected chi connectivity index (χ3v) is 7.83. The normalized spacial score (nSPS) is 17.4. The van der Waals surface area contributed by atoms with Gasteiger partial charge in [-0.15, -0.1) is 0 Å². The molecule has 0 spiro atoms. The molecule has 1 amide bonds. The maximum atomic E-state index is 14.1. The third-order valence-electron chi connectivity index (χ3n) is 7.61. The number of piperidine rings is 1. The second-order valence-electron chi connectivity index (χ2n) is 10.5. The fourth-order valence-corrected chi connectivity index (χ4v) is 5.67. The zero-order valence-corrected chi connectivity index (χ0v) is 24.7. The average molecular weight is 596 g/mol. The fourth-order valence-electron chi connectivity index (χ4n) is 5.44. The molecule has 0 saturated carbocycles. The number of nitrogens with one attached hydrogen (secondary N) is 2. The van der Waals surface area contributed by atoms with Crippen molar-refractivity contribution < 1.29 is 18.8 Å². The van der Waals surface area contributed by atoms with Crippen molar-refractivity contribution >= 4 is 46.2 Å². The van der Waals surface area contributed by atoms with Gasteiger partial charge in [-0.25, -0.2) is 19.4 Å². The van der Waals surface area contributed by atoms with Gasteiger partial charge in [-0.3, -0.25) is 9.63 Å². The number of ether oxygens (including phenoxy) is 1. The monoisotopic (exact) mass is 595 g/mol. The number of halogens is 2. The molecular weight excluding hydrogens is 561 g/mol. The first-order valence-electron chi connectivity index (χ1n) is 13.8. The Labute approximate surface area is 250 Å². The van der Waals surface area contributed by atoms with Gasteiger partial charge in [0, 0.05) is 42.7 Å². The SMILES string of the molecule is C=CC(=O)Nc1cc(Nc2cc(N3OCCC3c3cc(F)cc(Cl)c3)ncn2)c(OC)cc1N1CCC(N(C)C)CC1. The van der Waals surface area contributed by atoms with Crippen LogP contribution in [-0.4, -0.2) is 67.7 Å². The number of carbonyl (C=O) groups excluding carboxylic acids is 1. The van der Waals surface area contributed by atoms with Gasteiger partial charge in [0.15, 0.2) is 5.82 Å². The lowest BCUT2D eigenvalue weighted by atomic mass is 10.0. The topological polar surface area (TPSA) is 95.1 Å². The van der Waals surface area contributed by atoms with E-state index >= 15 is 0 Å². The van der Waals surface area contributed by atoms with Crippen LogP contribution in [0.2, 0.25) is 5.02 Å². The Morgan fingerprint density at radius 2 is 1.93 bits per heavy atom. The summed E-state index contributed by atoms with van der Waals surface area (Å²) in [5, 5.41) is 8.22. The van der Waals surface area contributed by atoms with Crippen molar-refractivity contribution in [1.29, 1.82) is 0 Å². The Hall–Kier alpha value is -3.93. The van der Waals surface area contributed by atoms with E-state index in [0.29, 0.717) is 58.4 Å². The molecule has 2 fully saturated rings. The number of hydrogen-bond donors (Lipinski definition) is 2. The number of aromatic nitrogens is 2. The lowest BCUT2D eigenvalue weighted by Crippen LogP contribution is -2.42. The molecule has 0 bridgehead atoms. The lowest BCUT2D eigenvalue weighted by Gasteiger charge is -2.37. The van der Waals surface area contributed by atoms with Crippen LogP contribution in [0, 0.1) is 5.82 Å². The van der Waals surface area contributed by atoms with Gasteiger partial charge in [0.25, 0.3) is 0 Å². The summed E-state index contributed by atoms with van der Waals surface area (Å²) in [6, 6.07) is 10.2. The molecule has 10 nitrogen and oxygen atoms in total. The van der Waals surface area contributed by atoms with E-state index in [0.717, 1.165) is 31.6 Å². The summed E-state index contributed by atoms with van der Waals surface area (Å²) >= 11 is 6.12. The van der Waals surface area contributed by atoms with Crippen LogP contribution >= 0.6 is 11.6 Å². The van der Waals surface area contributed by atoms with Crippen molar-refractivity contribution in [3.63, 3.8) is 0 Å². The molecule has 3 aromatic rings. The Morgan fingerprint density at radius 1 is 1.14 bits per heavy atom. The second kappa shape index (κ2) is 12.9. The highest BCUT2D eigenvalue weighted by molar-refractivity contribution is 6.30. The first kappa shape index (κ1) is 29.6. The molecular formula is C30H35ClFN7O3. The molecule has 12 heteroatoms. The van der Waals surface area contributed by atoms with E-state index in [9.17, 15) is 9.18 Å². The number of benzene rings is 2. The standard InChI is InChI=1S/C30H35ClFN7O3/c1-5-30(40)36-23-15-24(27(41-4)16-26(23)38-9-6-22(7-10-38)37(2)3)35-28-17-29(34-18-33-28)39-25(8-11-42-39)19-12-20(31)14-21(32)13-19/h5,12-18,22,25H,1,6-11H2,2-4H3,(H,36,40)(H,33,34,35). The van der Waals surface area contributed by atoms with Gasteiger partial charge >= 0.3 is 0 Å². The van der Waals surface area contributed by atoms with Gasteiger partial charge in [0.05, 0.1) is 36.8 Å². The zero-order chi connectivity index (χ0) is 29.8. The largest absolute Gasteiger partial charge is 0.494 e. The van der Waals surface area contributed by atoms with Crippen molar-refractivity contribution in [1.82, 2.24) is 14.9 Å². The molecule has 0 aliphatic carbocycles. The zero-order valence-electron chi connectivity index (χ0n) is 23.9. The van der Waals surface area contributed by atoms with Crippen LogP contribution < -0.4 is 25.3 Å². The van der Waals surface area contributed by atoms with Crippen molar-refractivity contribution in [2.24, 2.45) is 0 Å². The summed E-state index contributed by atoms with van der Waals surface area (Å²) in [5.41, 5.74) is 2.80. The summed E-state index contributed by atoms with van der Waals surface area (Å²) in [6.45, 7) is 5.74. The average Bonchev–Trinajstić information content (AvgIpc) is 3.47. The minimum atomic E-state index is -0.411. The van der Waals surface area contributed by atoms with E-state index in [1.165, 1.54) is 24.5 Å². The first-order chi connectivity index (χ1) is 20.2. The van der Waals surface area contributed by atoms with Crippen LogP contribution in [0.4, 0.5) is 33.1 Å². The summed E-state index contributed by atoms with van der Waals surface area (Å²) in [5.74, 6) is 0.836. The number of rotatable bonds is 9. The van der Waals surface area contributed by atoms with Crippen molar-refractivity contribution in [2.75, 3.05) is 61.5 Å². The van der Waals surface area contributed by atoms with Crippen molar-refractivity contribution in [2.45, 2.75) is 31.3 Å². The molecule has 1 aromatic heterocycles. The molecule has 42 heavy (non-hydrogen) atoms. The number of hydroxylamine groups is 1. The number of methoxy groups -OCH3 is 1. The van der Waals surface area contributed by atoms with Gasteiger partial charge in [-0.05, 0) is 62.8 Å². The van der Waals surface area contributed by atoms with Crippen LogP contribution in [-0.2, 0) is 9.63 Å². The summed E-state index contributed by atoms with van der Waals surface area (Å²) in [6.07, 6.45) is 5.32. The maximum Gasteiger partial charge on any atom is 0.247 e. The molecule has 2 N–H and O–H groups in total. The van der Waals surface area contributed by atoms with E-state index in [4.69, 9.17) is 21.2 Å². The predicted molar refractivity (Wildman–Crippen MR) is 163 cm³/mol. The van der Waals surface area contributed by atoms with Gasteiger partial charge in [-0.2, -0.15) is 0 Å². The van der Waals surface area contributed by atoms with E-state index in [1.54, 1.807) is 24.3 Å². The molecule has 5 rings (SSSR count). The highest BCUT2D eigenvalue weighted by Crippen LogP contribution is 2.40. The van der Waals surface area contributed by atoms with Gasteiger partial charge in [-0.1, -0.05) is 18.2 Å². The Bertz CT molecular complexity index is 1430. The van der Waals surface area contributed by atoms with E-state index in [1.807, 2.05) is 12.1 Å². The Kier molecular flexibility index (Phi) is 9.10. The van der Waals surface area contributed by atoms with E-state index in [2.05, 4.69) is 51.1 Å². The molecule has 1 unspecified atom stereocenters. The molecule has 2 aliphatic rings. The summed E-state index contributed by atoms with van der Waals surface area (Å²) < 4.78 is 19.9. The Balaban J connectivity index is 1.43. The molecule has 0 radical (unpaired) electrons. The second-order valence-corrected chi connectivity index (χ2v) is 10.9. The Morgan fingerprint density at radius 3 is 2.62 bits per heavy atom. The van der Waals surface area contributed by atoms with Gasteiger partial charge in [0.2, 0.25) is 5.91 Å². The van der Waals surface area contributed by atoms with Crippen LogP contribution in [0.25, 0.3) is 0 Å². The summed E-state index contributed by atoms with van der Waals surface area (Å²) in [4.78, 5) is 31.6. The fraction of sp³-hybridized carbons (Fsp3) is 0.367. The van der Waals surface area contributed by atoms with Crippen LogP contribution in [0.15, 0.2) is 55.4 Å². The lowest BCUT2D eigenvalue weighted by molar-refractivity contribution is -0.111. The number of carbonyl (C=O) groups is 1. The third kappa shape index (κ3) is 6.59. The minimum absolute atomic E-state index is 0.271. The van der Waals surface area contributed by atoms with Crippen molar-refractivity contribution in [3.8, 4) is 5.75 Å². The first-order valence-corrected chi connectivity index (χ1v) is 14.2. The number of nitrogens with zero attached hydrogens (tertiary/aromatic N) is 5. The van der Waals surface area contributed by atoms with Crippen LogP contribution in [0.3, 0.4) is 0 Å². The van der Waals surface area contributed by atoms with E-state index < -0.39 is 5.82 Å². The van der Waals surface area contributed by atoms with Crippen LogP contribution in [0.5, 0.6) is 5.75 Å². The maximum absolute atomic E-state index is 14.1. The molecule has 1 atom stereocenters. The van der Waals surface area contributed by atoms with Crippen molar-refractivity contribution in [3.05, 3.63) is 71.8 Å².